The van der Waals surface area contributed by atoms with Gasteiger partial charge in [0, 0.05) is 11.3 Å². The lowest BCUT2D eigenvalue weighted by Crippen LogP contribution is -2.31. The molecule has 1 aliphatic rings. The van der Waals surface area contributed by atoms with E-state index in [0.717, 1.165) is 11.1 Å². The Hall–Kier alpha value is -2.23. The number of alkyl halides is 2. The number of halogens is 2. The highest BCUT2D eigenvalue weighted by Gasteiger charge is 2.27. The molecule has 0 fully saturated rings. The third-order valence-electron chi connectivity index (χ3n) is 3.39. The molecular formula is C17H17F2NO. The summed E-state index contributed by atoms with van der Waals surface area (Å²) < 4.78 is 25.9. The van der Waals surface area contributed by atoms with Crippen LogP contribution < -0.4 is 0 Å². The Morgan fingerprint density at radius 3 is 2.43 bits per heavy atom. The first kappa shape index (κ1) is 15.2. The topological polar surface area (TPSA) is 20.3 Å². The number of hydrogen-bond acceptors (Lipinski definition) is 2. The SMILES string of the molecule is C=C1C(C(C)=O)=CC(C)=C(c2ccccc2)N1CC(F)F. The smallest absolute Gasteiger partial charge is 0.256 e. The molecule has 2 rings (SSSR count). The molecule has 0 saturated carbocycles. The molecule has 0 aliphatic carbocycles. The van der Waals surface area contributed by atoms with E-state index in [4.69, 9.17) is 0 Å². The Bertz CT molecular complexity index is 629. The van der Waals surface area contributed by atoms with Crippen molar-refractivity contribution < 1.29 is 13.6 Å². The van der Waals surface area contributed by atoms with Gasteiger partial charge in [0.15, 0.2) is 5.78 Å². The fourth-order valence-corrected chi connectivity index (χ4v) is 2.49. The number of nitrogens with zero attached hydrogens (tertiary/aromatic N) is 1. The van der Waals surface area contributed by atoms with Crippen LogP contribution in [0, 0.1) is 0 Å². The number of allylic oxidation sites excluding steroid dienone is 3. The minimum absolute atomic E-state index is 0.175. The molecule has 21 heavy (non-hydrogen) atoms. The third-order valence-corrected chi connectivity index (χ3v) is 3.39. The maximum absolute atomic E-state index is 12.9. The average molecular weight is 289 g/mol. The normalized spacial score (nSPS) is 15.6. The van der Waals surface area contributed by atoms with Crippen molar-refractivity contribution in [3.8, 4) is 0 Å². The highest BCUT2D eigenvalue weighted by Crippen LogP contribution is 2.35. The van der Waals surface area contributed by atoms with Gasteiger partial charge in [-0.25, -0.2) is 8.78 Å². The lowest BCUT2D eigenvalue weighted by molar-refractivity contribution is -0.113. The monoisotopic (exact) mass is 289 g/mol. The summed E-state index contributed by atoms with van der Waals surface area (Å²) in [6, 6.07) is 9.28. The van der Waals surface area contributed by atoms with Crippen LogP contribution in [0.2, 0.25) is 0 Å². The summed E-state index contributed by atoms with van der Waals surface area (Å²) >= 11 is 0. The number of ketones is 1. The Labute approximate surface area is 123 Å². The molecular weight excluding hydrogens is 272 g/mol. The summed E-state index contributed by atoms with van der Waals surface area (Å²) in [5.41, 5.74) is 2.99. The van der Waals surface area contributed by atoms with Gasteiger partial charge >= 0.3 is 0 Å². The number of carbonyl (C=O) groups is 1. The minimum atomic E-state index is -2.51. The zero-order valence-corrected chi connectivity index (χ0v) is 12.1. The van der Waals surface area contributed by atoms with Crippen molar-refractivity contribution in [1.82, 2.24) is 4.90 Å². The van der Waals surface area contributed by atoms with Gasteiger partial charge in [-0.3, -0.25) is 4.79 Å². The van der Waals surface area contributed by atoms with E-state index in [9.17, 15) is 13.6 Å². The molecule has 0 unspecified atom stereocenters. The zero-order chi connectivity index (χ0) is 15.6. The summed E-state index contributed by atoms with van der Waals surface area (Å²) in [4.78, 5) is 13.1. The predicted molar refractivity (Wildman–Crippen MR) is 79.7 cm³/mol. The fraction of sp³-hybridized carbons (Fsp3) is 0.235. The van der Waals surface area contributed by atoms with Gasteiger partial charge in [0.2, 0.25) is 0 Å². The number of Topliss-reactive ketones (excluding diaryl/α,β-unsaturated/α-hetero) is 1. The first-order valence-corrected chi connectivity index (χ1v) is 6.65. The first-order chi connectivity index (χ1) is 9.91. The van der Waals surface area contributed by atoms with Crippen LogP contribution in [0.4, 0.5) is 8.78 Å². The maximum atomic E-state index is 12.9. The molecule has 1 heterocycles. The van der Waals surface area contributed by atoms with Gasteiger partial charge in [-0.05, 0) is 31.1 Å². The molecule has 0 spiro atoms. The molecule has 110 valence electrons. The maximum Gasteiger partial charge on any atom is 0.256 e. The number of benzene rings is 1. The van der Waals surface area contributed by atoms with Crippen LogP contribution in [0.3, 0.4) is 0 Å². The number of rotatable bonds is 4. The van der Waals surface area contributed by atoms with Crippen molar-refractivity contribution in [3.05, 3.63) is 65.4 Å². The summed E-state index contributed by atoms with van der Waals surface area (Å²) in [5.74, 6) is -0.175. The quantitative estimate of drug-likeness (QED) is 0.834. The summed E-state index contributed by atoms with van der Waals surface area (Å²) in [7, 11) is 0. The van der Waals surface area contributed by atoms with E-state index in [0.29, 0.717) is 17.0 Å². The van der Waals surface area contributed by atoms with E-state index < -0.39 is 13.0 Å². The van der Waals surface area contributed by atoms with Crippen LogP contribution in [-0.2, 0) is 4.79 Å². The molecule has 0 amide bonds. The van der Waals surface area contributed by atoms with Crippen LogP contribution in [0.15, 0.2) is 59.8 Å². The third kappa shape index (κ3) is 3.10. The van der Waals surface area contributed by atoms with Gasteiger partial charge in [-0.15, -0.1) is 0 Å². The van der Waals surface area contributed by atoms with Crippen molar-refractivity contribution >= 4 is 11.5 Å². The highest BCUT2D eigenvalue weighted by molar-refractivity contribution is 6.00. The van der Waals surface area contributed by atoms with Crippen molar-refractivity contribution in [2.45, 2.75) is 20.3 Å². The van der Waals surface area contributed by atoms with Gasteiger partial charge in [0.05, 0.1) is 12.2 Å². The zero-order valence-electron chi connectivity index (χ0n) is 12.1. The van der Waals surface area contributed by atoms with Gasteiger partial charge in [-0.1, -0.05) is 36.9 Å². The second kappa shape index (κ2) is 6.04. The van der Waals surface area contributed by atoms with Crippen molar-refractivity contribution in [3.63, 3.8) is 0 Å². The van der Waals surface area contributed by atoms with Gasteiger partial charge in [0.25, 0.3) is 6.43 Å². The largest absolute Gasteiger partial charge is 0.335 e. The van der Waals surface area contributed by atoms with Gasteiger partial charge in [0.1, 0.15) is 0 Å². The number of carbonyl (C=O) groups excluding carboxylic acids is 1. The average Bonchev–Trinajstić information content (AvgIpc) is 2.43. The highest BCUT2D eigenvalue weighted by atomic mass is 19.3. The summed E-state index contributed by atoms with van der Waals surface area (Å²) in [5, 5.41) is 0. The molecule has 0 N–H and O–H groups in total. The Morgan fingerprint density at radius 1 is 1.29 bits per heavy atom. The van der Waals surface area contributed by atoms with Crippen molar-refractivity contribution in [2.24, 2.45) is 0 Å². The van der Waals surface area contributed by atoms with E-state index in [2.05, 4.69) is 6.58 Å². The first-order valence-electron chi connectivity index (χ1n) is 6.65. The van der Waals surface area contributed by atoms with Crippen LogP contribution in [0.25, 0.3) is 5.70 Å². The predicted octanol–water partition coefficient (Wildman–Crippen LogP) is 4.03. The molecule has 1 aromatic carbocycles. The second-order valence-electron chi connectivity index (χ2n) is 4.96. The molecule has 1 aromatic rings. The van der Waals surface area contributed by atoms with E-state index in [1.165, 1.54) is 11.8 Å². The lowest BCUT2D eigenvalue weighted by Gasteiger charge is -2.34. The molecule has 0 atom stereocenters. The summed E-state index contributed by atoms with van der Waals surface area (Å²) in [6.45, 7) is 6.58. The van der Waals surface area contributed by atoms with Crippen LogP contribution in [0.5, 0.6) is 0 Å². The Kier molecular flexibility index (Phi) is 4.36. The fourth-order valence-electron chi connectivity index (χ4n) is 2.49. The molecule has 4 heteroatoms. The molecule has 2 nitrogen and oxygen atoms in total. The van der Waals surface area contributed by atoms with Crippen molar-refractivity contribution in [1.29, 1.82) is 0 Å². The van der Waals surface area contributed by atoms with Crippen LogP contribution in [-0.4, -0.2) is 23.7 Å². The molecule has 0 bridgehead atoms. The Morgan fingerprint density at radius 2 is 1.90 bits per heavy atom. The molecule has 0 aromatic heterocycles. The second-order valence-corrected chi connectivity index (χ2v) is 4.96. The van der Waals surface area contributed by atoms with E-state index in [1.807, 2.05) is 37.3 Å². The molecule has 0 saturated heterocycles. The van der Waals surface area contributed by atoms with E-state index in [1.54, 1.807) is 6.08 Å². The van der Waals surface area contributed by atoms with E-state index in [-0.39, 0.29) is 5.78 Å². The van der Waals surface area contributed by atoms with Gasteiger partial charge < -0.3 is 4.90 Å². The molecule has 1 aliphatic heterocycles. The van der Waals surface area contributed by atoms with Crippen LogP contribution >= 0.6 is 0 Å². The van der Waals surface area contributed by atoms with Crippen molar-refractivity contribution in [2.75, 3.05) is 6.54 Å². The van der Waals surface area contributed by atoms with Gasteiger partial charge in [-0.2, -0.15) is 0 Å². The lowest BCUT2D eigenvalue weighted by atomic mass is 9.95. The van der Waals surface area contributed by atoms with E-state index >= 15 is 0 Å². The standard InChI is InChI=1S/C17H17F2NO/c1-11-9-15(13(3)21)12(2)20(10-16(18)19)17(11)14-7-5-4-6-8-14/h4-9,16H,2,10H2,1,3H3. The Balaban J connectivity index is 2.57. The van der Waals surface area contributed by atoms with Crippen LogP contribution in [0.1, 0.15) is 19.4 Å². The minimum Gasteiger partial charge on any atom is -0.335 e. The number of hydrogen-bond donors (Lipinski definition) is 0. The summed E-state index contributed by atoms with van der Waals surface area (Å²) in [6.07, 6.45) is -0.797. The molecule has 0 radical (unpaired) electrons.